The van der Waals surface area contributed by atoms with Crippen molar-refractivity contribution in [2.75, 3.05) is 5.75 Å². The molecule has 1 heterocycles. The zero-order chi connectivity index (χ0) is 15.6. The van der Waals surface area contributed by atoms with E-state index in [9.17, 15) is 18.0 Å². The van der Waals surface area contributed by atoms with E-state index in [1.807, 2.05) is 0 Å². The van der Waals surface area contributed by atoms with Gasteiger partial charge in [-0.1, -0.05) is 27.7 Å². The first kappa shape index (κ1) is 15.8. The molecule has 0 atom stereocenters. The van der Waals surface area contributed by atoms with Crippen LogP contribution in [0.4, 0.5) is 13.2 Å². The lowest BCUT2D eigenvalue weighted by Gasteiger charge is -2.10. The summed E-state index contributed by atoms with van der Waals surface area (Å²) in [5.74, 6) is -1.39. The third-order valence-electron chi connectivity index (χ3n) is 2.22. The number of alkyl halides is 3. The van der Waals surface area contributed by atoms with Crippen LogP contribution >= 0.6 is 27.7 Å². The number of rotatable bonds is 4. The van der Waals surface area contributed by atoms with Crippen LogP contribution in [0.15, 0.2) is 27.8 Å². The zero-order valence-electron chi connectivity index (χ0n) is 10.0. The second-order valence-corrected chi connectivity index (χ2v) is 5.61. The van der Waals surface area contributed by atoms with Gasteiger partial charge < -0.3 is 5.11 Å². The van der Waals surface area contributed by atoms with Crippen LogP contribution in [0.2, 0.25) is 0 Å². The molecule has 6 nitrogen and oxygen atoms in total. The van der Waals surface area contributed by atoms with Crippen LogP contribution in [0.3, 0.4) is 0 Å². The average molecular weight is 383 g/mol. The Kier molecular flexibility index (Phi) is 4.52. The van der Waals surface area contributed by atoms with Gasteiger partial charge in [0.2, 0.25) is 5.16 Å². The molecule has 0 saturated heterocycles. The molecule has 0 bridgehead atoms. The summed E-state index contributed by atoms with van der Waals surface area (Å²) in [7, 11) is 0. The number of halogens is 4. The van der Waals surface area contributed by atoms with Gasteiger partial charge in [-0.25, -0.2) is 0 Å². The molecule has 1 N–H and O–H groups in total. The van der Waals surface area contributed by atoms with Crippen molar-refractivity contribution < 1.29 is 23.1 Å². The number of tetrazole rings is 1. The number of carboxylic acid groups (broad SMARTS) is 1. The number of hydrogen-bond acceptors (Lipinski definition) is 5. The number of carboxylic acids is 1. The van der Waals surface area contributed by atoms with Gasteiger partial charge in [-0.2, -0.15) is 17.9 Å². The molecular weight excluding hydrogens is 377 g/mol. The molecule has 11 heteroatoms. The van der Waals surface area contributed by atoms with E-state index in [-0.39, 0.29) is 21.1 Å². The summed E-state index contributed by atoms with van der Waals surface area (Å²) < 4.78 is 39.6. The molecule has 0 aliphatic rings. The Morgan fingerprint density at radius 1 is 1.38 bits per heavy atom. The molecule has 2 rings (SSSR count). The molecular formula is C10H6BrF3N4O2S. The smallest absolute Gasteiger partial charge is 0.416 e. The highest BCUT2D eigenvalue weighted by Crippen LogP contribution is 2.33. The predicted octanol–water partition coefficient (Wildman–Crippen LogP) is 2.62. The van der Waals surface area contributed by atoms with Crippen molar-refractivity contribution in [3.05, 3.63) is 28.2 Å². The van der Waals surface area contributed by atoms with Gasteiger partial charge in [0.1, 0.15) is 0 Å². The number of carbonyl (C=O) groups is 1. The van der Waals surface area contributed by atoms with Crippen LogP contribution in [-0.2, 0) is 11.0 Å². The minimum absolute atomic E-state index is 0.0783. The van der Waals surface area contributed by atoms with E-state index in [2.05, 4.69) is 31.5 Å². The van der Waals surface area contributed by atoms with Crippen LogP contribution in [0.25, 0.3) is 5.69 Å². The summed E-state index contributed by atoms with van der Waals surface area (Å²) in [4.78, 5) is 10.5. The monoisotopic (exact) mass is 382 g/mol. The average Bonchev–Trinajstić information content (AvgIpc) is 2.82. The molecule has 0 saturated carbocycles. The van der Waals surface area contributed by atoms with Gasteiger partial charge >= 0.3 is 12.1 Å². The van der Waals surface area contributed by atoms with Crippen molar-refractivity contribution in [2.45, 2.75) is 11.3 Å². The number of nitrogens with zero attached hydrogens (tertiary/aromatic N) is 4. The van der Waals surface area contributed by atoms with Crippen LogP contribution in [0.1, 0.15) is 5.56 Å². The highest BCUT2D eigenvalue weighted by atomic mass is 79.9. The molecule has 1 aromatic heterocycles. The van der Waals surface area contributed by atoms with Gasteiger partial charge in [-0.15, -0.1) is 5.10 Å². The Morgan fingerprint density at radius 3 is 2.71 bits per heavy atom. The van der Waals surface area contributed by atoms with Crippen LogP contribution in [0.5, 0.6) is 0 Å². The third kappa shape index (κ3) is 3.94. The van der Waals surface area contributed by atoms with Gasteiger partial charge in [0, 0.05) is 4.47 Å². The van der Waals surface area contributed by atoms with Gasteiger partial charge in [0.25, 0.3) is 0 Å². The molecule has 112 valence electrons. The number of aromatic nitrogens is 4. The number of aliphatic carboxylic acids is 1. The topological polar surface area (TPSA) is 80.9 Å². The predicted molar refractivity (Wildman–Crippen MR) is 70.2 cm³/mol. The second-order valence-electron chi connectivity index (χ2n) is 3.75. The molecule has 0 unspecified atom stereocenters. The lowest BCUT2D eigenvalue weighted by molar-refractivity contribution is -0.137. The quantitative estimate of drug-likeness (QED) is 0.818. The molecule has 1 aromatic carbocycles. The van der Waals surface area contributed by atoms with Gasteiger partial charge in [0.05, 0.1) is 17.0 Å². The fourth-order valence-electron chi connectivity index (χ4n) is 1.42. The highest BCUT2D eigenvalue weighted by molar-refractivity contribution is 9.10. The second kappa shape index (κ2) is 6.02. The SMILES string of the molecule is O=C(O)CSc1nnnn1-c1cc(Br)cc(C(F)(F)F)c1. The highest BCUT2D eigenvalue weighted by Gasteiger charge is 2.31. The summed E-state index contributed by atoms with van der Waals surface area (Å²) in [5.41, 5.74) is -0.786. The van der Waals surface area contributed by atoms with E-state index in [4.69, 9.17) is 5.11 Å². The molecule has 21 heavy (non-hydrogen) atoms. The summed E-state index contributed by atoms with van der Waals surface area (Å²) in [6, 6.07) is 3.21. The maximum Gasteiger partial charge on any atom is 0.416 e. The lowest BCUT2D eigenvalue weighted by atomic mass is 10.2. The standard InChI is InChI=1S/C10H6BrF3N4O2S/c11-6-1-5(10(12,13)14)2-7(3-6)18-9(15-16-17-18)21-4-8(19)20/h1-3H,4H2,(H,19,20). The fourth-order valence-corrected chi connectivity index (χ4v) is 2.51. The largest absolute Gasteiger partial charge is 0.481 e. The third-order valence-corrected chi connectivity index (χ3v) is 3.58. The Bertz CT molecular complexity index is 677. The first-order valence-corrected chi connectivity index (χ1v) is 7.06. The summed E-state index contributed by atoms with van der Waals surface area (Å²) in [6.07, 6.45) is -4.51. The minimum atomic E-state index is -4.51. The van der Waals surface area contributed by atoms with E-state index in [0.29, 0.717) is 0 Å². The van der Waals surface area contributed by atoms with Gasteiger partial charge in [-0.3, -0.25) is 4.79 Å². The number of benzene rings is 1. The summed E-state index contributed by atoms with van der Waals surface area (Å²) >= 11 is 3.80. The van der Waals surface area contributed by atoms with Gasteiger partial charge in [0.15, 0.2) is 0 Å². The molecule has 0 radical (unpaired) electrons. The van der Waals surface area contributed by atoms with E-state index >= 15 is 0 Å². The molecule has 0 aliphatic carbocycles. The Hall–Kier alpha value is -1.62. The summed E-state index contributed by atoms with van der Waals surface area (Å²) in [6.45, 7) is 0. The van der Waals surface area contributed by atoms with E-state index < -0.39 is 17.7 Å². The Labute approximate surface area is 128 Å². The molecule has 0 aliphatic heterocycles. The maximum absolute atomic E-state index is 12.8. The molecule has 0 amide bonds. The Morgan fingerprint density at radius 2 is 2.10 bits per heavy atom. The van der Waals surface area contributed by atoms with Crippen LogP contribution in [-0.4, -0.2) is 37.0 Å². The van der Waals surface area contributed by atoms with Crippen molar-refractivity contribution in [3.63, 3.8) is 0 Å². The van der Waals surface area contributed by atoms with Crippen LogP contribution < -0.4 is 0 Å². The number of thioether (sulfide) groups is 1. The molecule has 0 spiro atoms. The van der Waals surface area contributed by atoms with Crippen molar-refractivity contribution >= 4 is 33.7 Å². The fraction of sp³-hybridized carbons (Fsp3) is 0.200. The lowest BCUT2D eigenvalue weighted by Crippen LogP contribution is -2.08. The van der Waals surface area contributed by atoms with E-state index in [1.165, 1.54) is 6.07 Å². The Balaban J connectivity index is 2.41. The molecule has 2 aromatic rings. The van der Waals surface area contributed by atoms with Crippen molar-refractivity contribution in [3.8, 4) is 5.69 Å². The first-order chi connectivity index (χ1) is 9.77. The van der Waals surface area contributed by atoms with Crippen molar-refractivity contribution in [2.24, 2.45) is 0 Å². The molecule has 0 fully saturated rings. The normalized spacial score (nSPS) is 11.6. The van der Waals surface area contributed by atoms with Crippen molar-refractivity contribution in [1.29, 1.82) is 0 Å². The van der Waals surface area contributed by atoms with Crippen molar-refractivity contribution in [1.82, 2.24) is 20.2 Å². The number of hydrogen-bond donors (Lipinski definition) is 1. The van der Waals surface area contributed by atoms with Gasteiger partial charge in [-0.05, 0) is 28.6 Å². The first-order valence-electron chi connectivity index (χ1n) is 5.28. The summed E-state index contributed by atoms with van der Waals surface area (Å²) in [5, 5.41) is 19.2. The van der Waals surface area contributed by atoms with E-state index in [1.54, 1.807) is 0 Å². The van der Waals surface area contributed by atoms with E-state index in [0.717, 1.165) is 28.6 Å². The zero-order valence-corrected chi connectivity index (χ0v) is 12.4. The van der Waals surface area contributed by atoms with Crippen LogP contribution in [0, 0.1) is 0 Å². The maximum atomic E-state index is 12.8. The minimum Gasteiger partial charge on any atom is -0.481 e.